The van der Waals surface area contributed by atoms with Crippen LogP contribution < -0.4 is 10.6 Å². The summed E-state index contributed by atoms with van der Waals surface area (Å²) < 4.78 is 0. The molecule has 94 valence electrons. The molecule has 0 aromatic carbocycles. The van der Waals surface area contributed by atoms with Crippen LogP contribution >= 0.6 is 11.3 Å². The third-order valence-electron chi connectivity index (χ3n) is 3.14. The number of aromatic nitrogens is 1. The first-order valence-corrected chi connectivity index (χ1v) is 7.05. The molecule has 17 heavy (non-hydrogen) atoms. The van der Waals surface area contributed by atoms with E-state index in [4.69, 9.17) is 0 Å². The van der Waals surface area contributed by atoms with Crippen molar-refractivity contribution < 1.29 is 4.79 Å². The predicted molar refractivity (Wildman–Crippen MR) is 69.0 cm³/mol. The number of amides is 1. The van der Waals surface area contributed by atoms with Gasteiger partial charge < -0.3 is 10.6 Å². The second-order valence-electron chi connectivity index (χ2n) is 4.43. The molecule has 2 rings (SSSR count). The van der Waals surface area contributed by atoms with Crippen molar-refractivity contribution in [1.29, 1.82) is 0 Å². The number of hydrogen-bond donors (Lipinski definition) is 2. The van der Waals surface area contributed by atoms with Crippen LogP contribution in [0.15, 0.2) is 5.51 Å². The molecule has 1 atom stereocenters. The van der Waals surface area contributed by atoms with Crippen molar-refractivity contribution in [2.24, 2.45) is 0 Å². The quantitative estimate of drug-likeness (QED) is 0.860. The summed E-state index contributed by atoms with van der Waals surface area (Å²) in [5.74, 6) is 0.125. The van der Waals surface area contributed by atoms with Crippen LogP contribution in [0.4, 0.5) is 0 Å². The van der Waals surface area contributed by atoms with Crippen LogP contribution in [0.3, 0.4) is 0 Å². The summed E-state index contributed by atoms with van der Waals surface area (Å²) in [6, 6.07) is -0.00859. The standard InChI is InChI=1S/C12H19N3OS/c1-9-11(17-8-15-9)7-14-12(16)10-5-3-2-4-6-13-10/h8,10,13H,2-7H2,1H3,(H,14,16). The number of aryl methyl sites for hydroxylation is 1. The Labute approximate surface area is 106 Å². The van der Waals surface area contributed by atoms with Gasteiger partial charge >= 0.3 is 0 Å². The Morgan fingerprint density at radius 1 is 1.59 bits per heavy atom. The summed E-state index contributed by atoms with van der Waals surface area (Å²) in [5.41, 5.74) is 2.84. The molecule has 2 N–H and O–H groups in total. The summed E-state index contributed by atoms with van der Waals surface area (Å²) in [7, 11) is 0. The zero-order chi connectivity index (χ0) is 12.1. The van der Waals surface area contributed by atoms with E-state index in [1.165, 1.54) is 12.8 Å². The highest BCUT2D eigenvalue weighted by Gasteiger charge is 2.19. The van der Waals surface area contributed by atoms with Crippen LogP contribution in [-0.2, 0) is 11.3 Å². The maximum absolute atomic E-state index is 12.0. The number of rotatable bonds is 3. The lowest BCUT2D eigenvalue weighted by atomic mass is 10.1. The van der Waals surface area contributed by atoms with Crippen molar-refractivity contribution in [1.82, 2.24) is 15.6 Å². The Morgan fingerprint density at radius 2 is 2.47 bits per heavy atom. The fraction of sp³-hybridized carbons (Fsp3) is 0.667. The molecule has 2 heterocycles. The number of carbonyl (C=O) groups is 1. The number of carbonyl (C=O) groups excluding carboxylic acids is 1. The first-order valence-electron chi connectivity index (χ1n) is 6.17. The monoisotopic (exact) mass is 253 g/mol. The van der Waals surface area contributed by atoms with E-state index in [1.807, 2.05) is 12.4 Å². The molecule has 4 nitrogen and oxygen atoms in total. The Bertz CT molecular complexity index is 370. The van der Waals surface area contributed by atoms with Crippen molar-refractivity contribution >= 4 is 17.2 Å². The minimum Gasteiger partial charge on any atom is -0.350 e. The molecule has 0 spiro atoms. The van der Waals surface area contributed by atoms with Crippen LogP contribution in [0, 0.1) is 6.92 Å². The third-order valence-corrected chi connectivity index (χ3v) is 4.08. The fourth-order valence-corrected chi connectivity index (χ4v) is 2.76. The number of nitrogens with one attached hydrogen (secondary N) is 2. The summed E-state index contributed by atoms with van der Waals surface area (Å²) in [6.45, 7) is 3.53. The topological polar surface area (TPSA) is 54.0 Å². The molecule has 0 bridgehead atoms. The molecule has 1 aliphatic heterocycles. The lowest BCUT2D eigenvalue weighted by Crippen LogP contribution is -2.43. The van der Waals surface area contributed by atoms with Gasteiger partial charge in [0.05, 0.1) is 23.8 Å². The van der Waals surface area contributed by atoms with Gasteiger partial charge in [-0.05, 0) is 26.3 Å². The SMILES string of the molecule is Cc1ncsc1CNC(=O)C1CCCCCN1. The maximum atomic E-state index is 12.0. The van der Waals surface area contributed by atoms with E-state index in [9.17, 15) is 4.79 Å². The smallest absolute Gasteiger partial charge is 0.237 e. The van der Waals surface area contributed by atoms with Crippen molar-refractivity contribution in [3.05, 3.63) is 16.1 Å². The van der Waals surface area contributed by atoms with Gasteiger partial charge in [-0.3, -0.25) is 4.79 Å². The highest BCUT2D eigenvalue weighted by Crippen LogP contribution is 2.12. The average Bonchev–Trinajstić information content (AvgIpc) is 2.58. The number of hydrogen-bond acceptors (Lipinski definition) is 4. The van der Waals surface area contributed by atoms with Gasteiger partial charge in [-0.1, -0.05) is 12.8 Å². The molecule has 5 heteroatoms. The maximum Gasteiger partial charge on any atom is 0.237 e. The van der Waals surface area contributed by atoms with Crippen LogP contribution in [-0.4, -0.2) is 23.5 Å². The van der Waals surface area contributed by atoms with Crippen LogP contribution in [0.1, 0.15) is 36.3 Å². The van der Waals surface area contributed by atoms with E-state index in [0.29, 0.717) is 6.54 Å². The second kappa shape index (κ2) is 6.12. The molecular formula is C12H19N3OS. The van der Waals surface area contributed by atoms with Gasteiger partial charge in [0, 0.05) is 4.88 Å². The number of nitrogens with zero attached hydrogens (tertiary/aromatic N) is 1. The lowest BCUT2D eigenvalue weighted by molar-refractivity contribution is -0.123. The lowest BCUT2D eigenvalue weighted by Gasteiger charge is -2.15. The van der Waals surface area contributed by atoms with Crippen molar-refractivity contribution in [2.75, 3.05) is 6.54 Å². The highest BCUT2D eigenvalue weighted by atomic mass is 32.1. The Hall–Kier alpha value is -0.940. The molecule has 1 saturated heterocycles. The van der Waals surface area contributed by atoms with Gasteiger partial charge in [0.25, 0.3) is 0 Å². The fourth-order valence-electron chi connectivity index (χ4n) is 2.04. The number of thiazole rings is 1. The average molecular weight is 253 g/mol. The zero-order valence-electron chi connectivity index (χ0n) is 10.2. The van der Waals surface area contributed by atoms with Crippen LogP contribution in [0.2, 0.25) is 0 Å². The van der Waals surface area contributed by atoms with Gasteiger partial charge in [0.15, 0.2) is 0 Å². The molecule has 1 aromatic heterocycles. The molecule has 1 aliphatic rings. The van der Waals surface area contributed by atoms with Crippen molar-refractivity contribution in [2.45, 2.75) is 45.2 Å². The summed E-state index contributed by atoms with van der Waals surface area (Å²) in [6.07, 6.45) is 4.50. The van der Waals surface area contributed by atoms with Crippen LogP contribution in [0.25, 0.3) is 0 Å². The first-order chi connectivity index (χ1) is 8.27. The van der Waals surface area contributed by atoms with Gasteiger partial charge in [-0.15, -0.1) is 11.3 Å². The van der Waals surface area contributed by atoms with Gasteiger partial charge in [-0.25, -0.2) is 4.98 Å². The Morgan fingerprint density at radius 3 is 3.24 bits per heavy atom. The molecule has 1 aromatic rings. The minimum atomic E-state index is -0.00859. The molecule has 0 saturated carbocycles. The largest absolute Gasteiger partial charge is 0.350 e. The van der Waals surface area contributed by atoms with Crippen molar-refractivity contribution in [3.8, 4) is 0 Å². The Kier molecular flexibility index (Phi) is 4.50. The van der Waals surface area contributed by atoms with E-state index in [-0.39, 0.29) is 11.9 Å². The van der Waals surface area contributed by atoms with E-state index < -0.39 is 0 Å². The minimum absolute atomic E-state index is 0.00859. The molecule has 0 radical (unpaired) electrons. The highest BCUT2D eigenvalue weighted by molar-refractivity contribution is 7.09. The van der Waals surface area contributed by atoms with Crippen LogP contribution in [0.5, 0.6) is 0 Å². The summed E-state index contributed by atoms with van der Waals surface area (Å²) in [4.78, 5) is 17.3. The molecule has 1 fully saturated rings. The normalized spacial score (nSPS) is 20.9. The third kappa shape index (κ3) is 3.51. The molecule has 1 amide bonds. The predicted octanol–water partition coefficient (Wildman–Crippen LogP) is 1.60. The van der Waals surface area contributed by atoms with E-state index in [2.05, 4.69) is 15.6 Å². The van der Waals surface area contributed by atoms with E-state index in [1.54, 1.807) is 11.3 Å². The first kappa shape index (κ1) is 12.5. The van der Waals surface area contributed by atoms with Gasteiger partial charge in [-0.2, -0.15) is 0 Å². The molecule has 1 unspecified atom stereocenters. The van der Waals surface area contributed by atoms with Crippen molar-refractivity contribution in [3.63, 3.8) is 0 Å². The van der Waals surface area contributed by atoms with E-state index >= 15 is 0 Å². The van der Waals surface area contributed by atoms with Gasteiger partial charge in [0.2, 0.25) is 5.91 Å². The molecular weight excluding hydrogens is 234 g/mol. The summed E-state index contributed by atoms with van der Waals surface area (Å²) >= 11 is 1.60. The van der Waals surface area contributed by atoms with Gasteiger partial charge in [0.1, 0.15) is 0 Å². The second-order valence-corrected chi connectivity index (χ2v) is 5.37. The summed E-state index contributed by atoms with van der Waals surface area (Å²) in [5, 5.41) is 6.29. The zero-order valence-corrected chi connectivity index (χ0v) is 11.0. The Balaban J connectivity index is 1.82. The molecule has 0 aliphatic carbocycles. The van der Waals surface area contributed by atoms with E-state index in [0.717, 1.165) is 30.0 Å².